The van der Waals surface area contributed by atoms with Crippen LogP contribution in [0, 0.1) is 0 Å². The Labute approximate surface area is 98.8 Å². The van der Waals surface area contributed by atoms with Crippen molar-refractivity contribution in [3.8, 4) is 0 Å². The van der Waals surface area contributed by atoms with Gasteiger partial charge in [-0.2, -0.15) is 5.11 Å². The van der Waals surface area contributed by atoms with Crippen molar-refractivity contribution in [1.82, 2.24) is 4.98 Å². The van der Waals surface area contributed by atoms with E-state index in [1.807, 2.05) is 60.8 Å². The van der Waals surface area contributed by atoms with Crippen molar-refractivity contribution in [2.75, 3.05) is 0 Å². The number of nitrogens with zero attached hydrogens (tertiary/aromatic N) is 2. The summed E-state index contributed by atoms with van der Waals surface area (Å²) < 4.78 is 0. The van der Waals surface area contributed by atoms with E-state index >= 15 is 0 Å². The van der Waals surface area contributed by atoms with Crippen LogP contribution in [0.4, 0.5) is 11.4 Å². The Morgan fingerprint density at radius 2 is 1.53 bits per heavy atom. The summed E-state index contributed by atoms with van der Waals surface area (Å²) >= 11 is 0. The molecule has 3 heteroatoms. The molecule has 3 nitrogen and oxygen atoms in total. The molecule has 2 aromatic carbocycles. The number of rotatable bonds is 2. The second kappa shape index (κ2) is 4.22. The van der Waals surface area contributed by atoms with Crippen molar-refractivity contribution in [2.45, 2.75) is 0 Å². The summed E-state index contributed by atoms with van der Waals surface area (Å²) in [4.78, 5) is 3.17. The van der Waals surface area contributed by atoms with Gasteiger partial charge in [-0.25, -0.2) is 0 Å². The third-order valence-electron chi connectivity index (χ3n) is 2.60. The van der Waals surface area contributed by atoms with Crippen molar-refractivity contribution in [3.05, 3.63) is 60.8 Å². The van der Waals surface area contributed by atoms with Crippen LogP contribution in [0.2, 0.25) is 0 Å². The largest absolute Gasteiger partial charge is 0.359 e. The van der Waals surface area contributed by atoms with Crippen LogP contribution in [0.3, 0.4) is 0 Å². The van der Waals surface area contributed by atoms with E-state index in [2.05, 4.69) is 15.2 Å². The van der Waals surface area contributed by atoms with Crippen LogP contribution in [0.25, 0.3) is 10.9 Å². The number of hydrogen-bond donors (Lipinski definition) is 1. The molecule has 1 aromatic heterocycles. The molecular weight excluding hydrogens is 210 g/mol. The molecule has 0 aliphatic heterocycles. The maximum Gasteiger partial charge on any atom is 0.111 e. The minimum absolute atomic E-state index is 0.859. The van der Waals surface area contributed by atoms with E-state index in [1.54, 1.807) is 0 Å². The molecule has 0 spiro atoms. The SMILES string of the molecule is c1ccc(N=Nc2c[nH]c3ccccc23)cc1. The maximum atomic E-state index is 4.26. The van der Waals surface area contributed by atoms with Crippen molar-refractivity contribution in [2.24, 2.45) is 10.2 Å². The first-order valence-corrected chi connectivity index (χ1v) is 5.46. The number of H-pyrrole nitrogens is 1. The third kappa shape index (κ3) is 1.95. The first kappa shape index (κ1) is 9.78. The summed E-state index contributed by atoms with van der Waals surface area (Å²) in [5.41, 5.74) is 2.80. The highest BCUT2D eigenvalue weighted by atomic mass is 15.1. The van der Waals surface area contributed by atoms with Gasteiger partial charge in [0, 0.05) is 17.1 Å². The highest BCUT2D eigenvalue weighted by Gasteiger charge is 2.00. The van der Waals surface area contributed by atoms with Crippen LogP contribution < -0.4 is 0 Å². The zero-order chi connectivity index (χ0) is 11.5. The standard InChI is InChI=1S/C14H11N3/c1-2-6-11(7-3-1)16-17-14-10-15-13-9-5-4-8-12(13)14/h1-10,15H. The van der Waals surface area contributed by atoms with Gasteiger partial charge in [-0.05, 0) is 18.2 Å². The second-order valence-electron chi connectivity index (χ2n) is 3.76. The molecule has 82 valence electrons. The summed E-state index contributed by atoms with van der Waals surface area (Å²) in [7, 11) is 0. The quantitative estimate of drug-likeness (QED) is 0.615. The first-order valence-electron chi connectivity index (χ1n) is 5.46. The lowest BCUT2D eigenvalue weighted by Crippen LogP contribution is -1.64. The molecule has 3 rings (SSSR count). The molecule has 0 saturated heterocycles. The number of aromatic nitrogens is 1. The van der Waals surface area contributed by atoms with Crippen LogP contribution in [0.15, 0.2) is 71.0 Å². The van der Waals surface area contributed by atoms with Crippen molar-refractivity contribution >= 4 is 22.3 Å². The monoisotopic (exact) mass is 221 g/mol. The number of azo groups is 1. The molecule has 0 radical (unpaired) electrons. The normalized spacial score (nSPS) is 11.3. The van der Waals surface area contributed by atoms with Crippen molar-refractivity contribution in [3.63, 3.8) is 0 Å². The smallest absolute Gasteiger partial charge is 0.111 e. The summed E-state index contributed by atoms with van der Waals surface area (Å²) in [5, 5.41) is 9.55. The predicted molar refractivity (Wildman–Crippen MR) is 68.9 cm³/mol. The summed E-state index contributed by atoms with van der Waals surface area (Å²) in [6, 6.07) is 17.8. The topological polar surface area (TPSA) is 40.5 Å². The van der Waals surface area contributed by atoms with Gasteiger partial charge in [0.25, 0.3) is 0 Å². The van der Waals surface area contributed by atoms with Crippen LogP contribution in [-0.2, 0) is 0 Å². The minimum atomic E-state index is 0.859. The lowest BCUT2D eigenvalue weighted by Gasteiger charge is -1.91. The lowest BCUT2D eigenvalue weighted by atomic mass is 10.2. The Morgan fingerprint density at radius 1 is 0.765 bits per heavy atom. The van der Waals surface area contributed by atoms with Gasteiger partial charge in [0.1, 0.15) is 5.69 Å². The van der Waals surface area contributed by atoms with Gasteiger partial charge in [-0.15, -0.1) is 5.11 Å². The summed E-state index contributed by atoms with van der Waals surface area (Å²) in [6.45, 7) is 0. The average molecular weight is 221 g/mol. The van der Waals surface area contributed by atoms with Gasteiger partial charge >= 0.3 is 0 Å². The zero-order valence-electron chi connectivity index (χ0n) is 9.17. The molecule has 0 unspecified atom stereocenters. The fourth-order valence-electron chi connectivity index (χ4n) is 1.75. The summed E-state index contributed by atoms with van der Waals surface area (Å²) in [6.07, 6.45) is 1.87. The Bertz CT molecular complexity index is 653. The van der Waals surface area contributed by atoms with Gasteiger partial charge in [0.2, 0.25) is 0 Å². The molecule has 0 aliphatic rings. The molecule has 1 heterocycles. The zero-order valence-corrected chi connectivity index (χ0v) is 9.17. The van der Waals surface area contributed by atoms with E-state index in [4.69, 9.17) is 0 Å². The molecule has 0 atom stereocenters. The van der Waals surface area contributed by atoms with Gasteiger partial charge in [-0.1, -0.05) is 36.4 Å². The summed E-state index contributed by atoms with van der Waals surface area (Å²) in [5.74, 6) is 0. The van der Waals surface area contributed by atoms with Crippen LogP contribution >= 0.6 is 0 Å². The predicted octanol–water partition coefficient (Wildman–Crippen LogP) is 4.58. The number of para-hydroxylation sites is 1. The third-order valence-corrected chi connectivity index (χ3v) is 2.60. The van der Waals surface area contributed by atoms with E-state index < -0.39 is 0 Å². The fraction of sp³-hybridized carbons (Fsp3) is 0. The molecule has 17 heavy (non-hydrogen) atoms. The number of hydrogen-bond acceptors (Lipinski definition) is 2. The molecule has 3 aromatic rings. The van der Waals surface area contributed by atoms with Crippen LogP contribution in [0.5, 0.6) is 0 Å². The number of benzene rings is 2. The highest BCUT2D eigenvalue weighted by Crippen LogP contribution is 2.26. The molecule has 0 amide bonds. The minimum Gasteiger partial charge on any atom is -0.359 e. The maximum absolute atomic E-state index is 4.26. The molecule has 1 N–H and O–H groups in total. The lowest BCUT2D eigenvalue weighted by molar-refractivity contribution is 1.24. The number of aromatic amines is 1. The molecule has 0 aliphatic carbocycles. The Balaban J connectivity index is 1.98. The van der Waals surface area contributed by atoms with Crippen molar-refractivity contribution < 1.29 is 0 Å². The first-order chi connectivity index (χ1) is 8.43. The fourth-order valence-corrected chi connectivity index (χ4v) is 1.75. The Morgan fingerprint density at radius 3 is 2.41 bits per heavy atom. The highest BCUT2D eigenvalue weighted by molar-refractivity contribution is 5.90. The van der Waals surface area contributed by atoms with Crippen molar-refractivity contribution in [1.29, 1.82) is 0 Å². The molecular formula is C14H11N3. The van der Waals surface area contributed by atoms with E-state index in [-0.39, 0.29) is 0 Å². The molecule has 0 saturated carbocycles. The number of nitrogens with one attached hydrogen (secondary N) is 1. The van der Waals surface area contributed by atoms with E-state index in [9.17, 15) is 0 Å². The van der Waals surface area contributed by atoms with Gasteiger partial charge in [-0.3, -0.25) is 0 Å². The van der Waals surface area contributed by atoms with Gasteiger partial charge < -0.3 is 4.98 Å². The van der Waals surface area contributed by atoms with Gasteiger partial charge in [0.15, 0.2) is 0 Å². The average Bonchev–Trinajstić information content (AvgIpc) is 2.81. The van der Waals surface area contributed by atoms with E-state index in [0.717, 1.165) is 22.3 Å². The second-order valence-corrected chi connectivity index (χ2v) is 3.76. The molecule has 0 bridgehead atoms. The van der Waals surface area contributed by atoms with Crippen LogP contribution in [-0.4, -0.2) is 4.98 Å². The Kier molecular flexibility index (Phi) is 2.43. The van der Waals surface area contributed by atoms with E-state index in [1.165, 1.54) is 0 Å². The van der Waals surface area contributed by atoms with Gasteiger partial charge in [0.05, 0.1) is 5.69 Å². The van der Waals surface area contributed by atoms with E-state index in [0.29, 0.717) is 0 Å². The van der Waals surface area contributed by atoms with Crippen LogP contribution in [0.1, 0.15) is 0 Å². The molecule has 0 fully saturated rings. The Hall–Kier alpha value is -2.42. The number of fused-ring (bicyclic) bond motifs is 1.